The highest BCUT2D eigenvalue weighted by atomic mass is 19.1. The van der Waals surface area contributed by atoms with Crippen LogP contribution in [-0.4, -0.2) is 17.1 Å². The fourth-order valence-electron chi connectivity index (χ4n) is 1.69. The van der Waals surface area contributed by atoms with Crippen LogP contribution in [0.1, 0.15) is 24.2 Å². The zero-order valence-corrected chi connectivity index (χ0v) is 10.9. The number of ether oxygens (including phenoxy) is 1. The van der Waals surface area contributed by atoms with Crippen molar-refractivity contribution in [3.63, 3.8) is 0 Å². The van der Waals surface area contributed by atoms with E-state index in [-0.39, 0.29) is 11.9 Å². The van der Waals surface area contributed by atoms with Crippen LogP contribution in [-0.2, 0) is 6.54 Å². The van der Waals surface area contributed by atoms with E-state index in [4.69, 9.17) is 4.74 Å². The van der Waals surface area contributed by atoms with Crippen molar-refractivity contribution in [3.05, 3.63) is 53.7 Å². The fraction of sp³-hybridized carbons (Fsp3) is 0.286. The molecule has 0 amide bonds. The average molecular weight is 261 g/mol. The summed E-state index contributed by atoms with van der Waals surface area (Å²) in [7, 11) is 1.59. The molecule has 1 N–H and O–H groups in total. The number of nitrogens with zero attached hydrogens (tertiary/aromatic N) is 2. The Balaban J connectivity index is 1.96. The first kappa shape index (κ1) is 13.4. The topological polar surface area (TPSA) is 47.0 Å². The van der Waals surface area contributed by atoms with Gasteiger partial charge in [0.15, 0.2) is 0 Å². The highest BCUT2D eigenvalue weighted by Crippen LogP contribution is 2.12. The zero-order valence-electron chi connectivity index (χ0n) is 10.9. The Morgan fingerprint density at radius 1 is 1.32 bits per heavy atom. The predicted octanol–water partition coefficient (Wildman–Crippen LogP) is 2.48. The predicted molar refractivity (Wildman–Crippen MR) is 70.2 cm³/mol. The van der Waals surface area contributed by atoms with Crippen LogP contribution in [0.25, 0.3) is 0 Å². The fourth-order valence-corrected chi connectivity index (χ4v) is 1.69. The molecule has 0 saturated heterocycles. The number of halogens is 1. The maximum absolute atomic E-state index is 12.8. The molecule has 0 radical (unpaired) electrons. The van der Waals surface area contributed by atoms with Gasteiger partial charge in [0, 0.05) is 24.8 Å². The van der Waals surface area contributed by atoms with Crippen LogP contribution in [0.15, 0.2) is 36.7 Å². The van der Waals surface area contributed by atoms with Crippen LogP contribution >= 0.6 is 0 Å². The molecule has 5 heteroatoms. The van der Waals surface area contributed by atoms with Crippen molar-refractivity contribution in [1.82, 2.24) is 15.3 Å². The molecule has 2 rings (SSSR count). The second-order valence-corrected chi connectivity index (χ2v) is 4.21. The molecule has 0 bridgehead atoms. The van der Waals surface area contributed by atoms with Crippen LogP contribution in [0.3, 0.4) is 0 Å². The van der Waals surface area contributed by atoms with E-state index in [0.29, 0.717) is 12.4 Å². The van der Waals surface area contributed by atoms with E-state index in [1.807, 2.05) is 19.1 Å². The van der Waals surface area contributed by atoms with E-state index in [0.717, 1.165) is 11.3 Å². The van der Waals surface area contributed by atoms with E-state index in [1.54, 1.807) is 19.4 Å². The second kappa shape index (κ2) is 6.24. The van der Waals surface area contributed by atoms with Gasteiger partial charge in [0.25, 0.3) is 0 Å². The largest absolute Gasteiger partial charge is 0.481 e. The molecule has 0 spiro atoms. The lowest BCUT2D eigenvalue weighted by Gasteiger charge is -2.13. The van der Waals surface area contributed by atoms with E-state index in [9.17, 15) is 4.39 Å². The minimum absolute atomic E-state index is 0.0414. The first-order valence-corrected chi connectivity index (χ1v) is 6.03. The van der Waals surface area contributed by atoms with Crippen molar-refractivity contribution in [2.75, 3.05) is 7.11 Å². The first-order valence-electron chi connectivity index (χ1n) is 6.03. The maximum Gasteiger partial charge on any atom is 0.213 e. The normalized spacial score (nSPS) is 12.2. The van der Waals surface area contributed by atoms with Gasteiger partial charge >= 0.3 is 0 Å². The standard InChI is InChI=1S/C14H16FN3O/c1-10(13-4-3-12(15)9-18-13)17-8-11-5-6-16-14(7-11)19-2/h3-7,9-10,17H,8H2,1-2H3. The van der Waals surface area contributed by atoms with Gasteiger partial charge in [0.2, 0.25) is 5.88 Å². The third kappa shape index (κ3) is 3.72. The second-order valence-electron chi connectivity index (χ2n) is 4.21. The third-order valence-corrected chi connectivity index (χ3v) is 2.81. The van der Waals surface area contributed by atoms with Gasteiger partial charge in [-0.05, 0) is 30.7 Å². The molecular formula is C14H16FN3O. The summed E-state index contributed by atoms with van der Waals surface area (Å²) in [6, 6.07) is 6.92. The summed E-state index contributed by atoms with van der Waals surface area (Å²) in [5.74, 6) is 0.265. The minimum Gasteiger partial charge on any atom is -0.481 e. The van der Waals surface area contributed by atoms with Gasteiger partial charge in [0.05, 0.1) is 19.0 Å². The molecule has 0 fully saturated rings. The van der Waals surface area contributed by atoms with Gasteiger partial charge in [-0.25, -0.2) is 9.37 Å². The first-order chi connectivity index (χ1) is 9.19. The van der Waals surface area contributed by atoms with Crippen LogP contribution < -0.4 is 10.1 Å². The van der Waals surface area contributed by atoms with Crippen molar-refractivity contribution in [3.8, 4) is 5.88 Å². The summed E-state index contributed by atoms with van der Waals surface area (Å²) >= 11 is 0. The number of methoxy groups -OCH3 is 1. The van der Waals surface area contributed by atoms with Gasteiger partial charge in [-0.3, -0.25) is 4.98 Å². The minimum atomic E-state index is -0.324. The molecule has 19 heavy (non-hydrogen) atoms. The number of nitrogens with one attached hydrogen (secondary N) is 1. The number of pyridine rings is 2. The Morgan fingerprint density at radius 2 is 2.16 bits per heavy atom. The number of hydrogen-bond donors (Lipinski definition) is 1. The summed E-state index contributed by atoms with van der Waals surface area (Å²) in [6.45, 7) is 2.65. The van der Waals surface area contributed by atoms with Crippen LogP contribution in [0.4, 0.5) is 4.39 Å². The molecule has 0 aromatic carbocycles. The molecule has 0 aliphatic carbocycles. The number of rotatable bonds is 5. The number of aromatic nitrogens is 2. The SMILES string of the molecule is COc1cc(CNC(C)c2ccc(F)cn2)ccn1. The van der Waals surface area contributed by atoms with Crippen molar-refractivity contribution in [2.45, 2.75) is 19.5 Å². The van der Waals surface area contributed by atoms with Crippen molar-refractivity contribution < 1.29 is 9.13 Å². The molecule has 100 valence electrons. The lowest BCUT2D eigenvalue weighted by Crippen LogP contribution is -2.19. The van der Waals surface area contributed by atoms with Crippen LogP contribution in [0.2, 0.25) is 0 Å². The Kier molecular flexibility index (Phi) is 4.41. The van der Waals surface area contributed by atoms with Crippen molar-refractivity contribution in [2.24, 2.45) is 0 Å². The van der Waals surface area contributed by atoms with E-state index >= 15 is 0 Å². The lowest BCUT2D eigenvalue weighted by atomic mass is 10.2. The smallest absolute Gasteiger partial charge is 0.213 e. The Labute approximate surface area is 111 Å². The monoisotopic (exact) mass is 261 g/mol. The molecule has 2 aromatic heterocycles. The highest BCUT2D eigenvalue weighted by Gasteiger charge is 2.06. The van der Waals surface area contributed by atoms with E-state index in [2.05, 4.69) is 15.3 Å². The maximum atomic E-state index is 12.8. The highest BCUT2D eigenvalue weighted by molar-refractivity contribution is 5.20. The van der Waals surface area contributed by atoms with Gasteiger partial charge in [0.1, 0.15) is 5.82 Å². The molecule has 0 aliphatic heterocycles. The molecule has 4 nitrogen and oxygen atoms in total. The molecule has 1 unspecified atom stereocenters. The summed E-state index contributed by atoms with van der Waals surface area (Å²) in [5.41, 5.74) is 1.88. The summed E-state index contributed by atoms with van der Waals surface area (Å²) in [5, 5.41) is 3.32. The van der Waals surface area contributed by atoms with Crippen molar-refractivity contribution >= 4 is 0 Å². The van der Waals surface area contributed by atoms with Gasteiger partial charge < -0.3 is 10.1 Å². The Morgan fingerprint density at radius 3 is 2.84 bits per heavy atom. The lowest BCUT2D eigenvalue weighted by molar-refractivity contribution is 0.397. The van der Waals surface area contributed by atoms with Gasteiger partial charge in [-0.15, -0.1) is 0 Å². The molecule has 0 saturated carbocycles. The summed E-state index contributed by atoms with van der Waals surface area (Å²) < 4.78 is 17.8. The quantitative estimate of drug-likeness (QED) is 0.898. The molecule has 0 aliphatic rings. The number of hydrogen-bond acceptors (Lipinski definition) is 4. The van der Waals surface area contributed by atoms with Crippen LogP contribution in [0, 0.1) is 5.82 Å². The van der Waals surface area contributed by atoms with Gasteiger partial charge in [-0.1, -0.05) is 0 Å². The molecule has 2 heterocycles. The summed E-state index contributed by atoms with van der Waals surface area (Å²) in [4.78, 5) is 8.10. The van der Waals surface area contributed by atoms with Gasteiger partial charge in [-0.2, -0.15) is 0 Å². The Hall–Kier alpha value is -2.01. The molecular weight excluding hydrogens is 245 g/mol. The Bertz CT molecular complexity index is 530. The zero-order chi connectivity index (χ0) is 13.7. The third-order valence-electron chi connectivity index (χ3n) is 2.81. The molecule has 2 aromatic rings. The summed E-state index contributed by atoms with van der Waals surface area (Å²) in [6.07, 6.45) is 2.93. The van der Waals surface area contributed by atoms with E-state index < -0.39 is 0 Å². The van der Waals surface area contributed by atoms with Crippen LogP contribution in [0.5, 0.6) is 5.88 Å². The van der Waals surface area contributed by atoms with Crippen molar-refractivity contribution in [1.29, 1.82) is 0 Å². The molecule has 1 atom stereocenters. The average Bonchev–Trinajstić information content (AvgIpc) is 2.46. The van der Waals surface area contributed by atoms with E-state index in [1.165, 1.54) is 12.3 Å².